The molecule has 4 aliphatic rings. The minimum Gasteiger partial charge on any atom is -0.504 e. The Morgan fingerprint density at radius 1 is 1.07 bits per heavy atom. The molecule has 0 spiro atoms. The molecule has 2 N–H and O–H groups in total. The van der Waals surface area contributed by atoms with E-state index in [2.05, 4.69) is 15.3 Å². The number of benzene rings is 2. The number of nitrogens with zero attached hydrogens (tertiary/aromatic N) is 8. The Morgan fingerprint density at radius 2 is 1.84 bits per heavy atom. The molecule has 2 aromatic carbocycles. The number of nitrogens with one attached hydrogen (secondary N) is 1. The van der Waals surface area contributed by atoms with Crippen LogP contribution in [0.3, 0.4) is 0 Å². The van der Waals surface area contributed by atoms with Crippen LogP contribution in [0.15, 0.2) is 47.5 Å². The highest BCUT2D eigenvalue weighted by Gasteiger charge is 2.49. The molecule has 5 aromatic rings. The summed E-state index contributed by atoms with van der Waals surface area (Å²) in [7, 11) is 0. The number of fused-ring (bicyclic) bond motifs is 5. The molecular weight excluding hydrogens is 767 g/mol. The maximum absolute atomic E-state index is 14.8. The van der Waals surface area contributed by atoms with Gasteiger partial charge in [-0.25, -0.2) is 9.97 Å². The number of carbonyl (C=O) groups excluding carboxylic acids is 2. The van der Waals surface area contributed by atoms with Crippen molar-refractivity contribution in [1.82, 2.24) is 34.0 Å². The fourth-order valence-electron chi connectivity index (χ4n) is 8.79. The predicted octanol–water partition coefficient (Wildman–Crippen LogP) is 5.98. The molecule has 2 amide bonds. The Hall–Kier alpha value is -5.55. The third kappa shape index (κ3) is 5.84. The Kier molecular flexibility index (Phi) is 8.44. The van der Waals surface area contributed by atoms with E-state index in [1.165, 1.54) is 10.8 Å². The number of rotatable bonds is 5. The highest BCUT2D eigenvalue weighted by Crippen LogP contribution is 2.46. The van der Waals surface area contributed by atoms with Gasteiger partial charge in [0.1, 0.15) is 18.1 Å². The molecule has 4 atom stereocenters. The molecule has 57 heavy (non-hydrogen) atoms. The lowest BCUT2D eigenvalue weighted by Gasteiger charge is -2.54. The van der Waals surface area contributed by atoms with Crippen molar-refractivity contribution in [1.29, 1.82) is 0 Å². The number of alkyl halides is 3. The molecule has 1 aliphatic carbocycles. The lowest BCUT2D eigenvalue weighted by molar-refractivity contribution is -0.137. The van der Waals surface area contributed by atoms with Crippen LogP contribution >= 0.6 is 11.6 Å². The molecule has 6 heterocycles. The number of aryl methyl sites for hydroxylation is 1. The zero-order chi connectivity index (χ0) is 40.3. The molecule has 3 aliphatic heterocycles. The van der Waals surface area contributed by atoms with Crippen molar-refractivity contribution in [2.24, 2.45) is 0 Å². The van der Waals surface area contributed by atoms with Crippen molar-refractivity contribution >= 4 is 40.6 Å². The third-order valence-electron chi connectivity index (χ3n) is 11.9. The molecule has 1 unspecified atom stereocenters. The van der Waals surface area contributed by atoms with E-state index < -0.39 is 40.8 Å². The summed E-state index contributed by atoms with van der Waals surface area (Å²) in [5.41, 5.74) is 1.87. The molecule has 1 saturated carbocycles. The number of hydrogen-bond acceptors (Lipinski definition) is 10. The Morgan fingerprint density at radius 3 is 2.56 bits per heavy atom. The molecule has 14 nitrogen and oxygen atoms in total. The lowest BCUT2D eigenvalue weighted by atomic mass is 9.81. The first-order chi connectivity index (χ1) is 27.0. The molecule has 3 aromatic heterocycles. The van der Waals surface area contributed by atoms with Crippen molar-refractivity contribution in [3.63, 3.8) is 0 Å². The van der Waals surface area contributed by atoms with E-state index in [9.17, 15) is 32.7 Å². The number of piperazine rings is 1. The molecule has 18 heteroatoms. The van der Waals surface area contributed by atoms with Gasteiger partial charge in [0.25, 0.3) is 11.5 Å². The maximum atomic E-state index is 14.8. The summed E-state index contributed by atoms with van der Waals surface area (Å²) in [5, 5.41) is 17.8. The fraction of sp³-hybridized carbons (Fsp3) is 0.410. The second kappa shape index (κ2) is 13.0. The largest absolute Gasteiger partial charge is 0.504 e. The Balaban J connectivity index is 1.14. The number of carbonyl (C=O) groups is 2. The average Bonchev–Trinajstić information content (AvgIpc) is 3.83. The second-order valence-corrected chi connectivity index (χ2v) is 16.0. The van der Waals surface area contributed by atoms with Crippen LogP contribution in [0, 0.1) is 6.92 Å². The summed E-state index contributed by atoms with van der Waals surface area (Å²) < 4.78 is 49.1. The Labute approximate surface area is 328 Å². The second-order valence-electron chi connectivity index (χ2n) is 15.6. The van der Waals surface area contributed by atoms with E-state index in [1.54, 1.807) is 16.4 Å². The van der Waals surface area contributed by atoms with Gasteiger partial charge in [0.05, 0.1) is 45.9 Å². The van der Waals surface area contributed by atoms with Crippen molar-refractivity contribution < 1.29 is 32.6 Å². The van der Waals surface area contributed by atoms with E-state index in [1.807, 2.05) is 43.9 Å². The number of amides is 2. The maximum Gasteiger partial charge on any atom is 0.416 e. The van der Waals surface area contributed by atoms with Gasteiger partial charge in [-0.05, 0) is 75.4 Å². The van der Waals surface area contributed by atoms with Crippen molar-refractivity contribution in [2.45, 2.75) is 89.4 Å². The molecular formula is C39H37ClF3N9O5. The van der Waals surface area contributed by atoms with Crippen LogP contribution in [0.1, 0.15) is 90.6 Å². The van der Waals surface area contributed by atoms with Crippen molar-refractivity contribution in [3.05, 3.63) is 91.9 Å². The van der Waals surface area contributed by atoms with Gasteiger partial charge in [0.15, 0.2) is 17.3 Å². The average molecular weight is 804 g/mol. The molecule has 0 bridgehead atoms. The summed E-state index contributed by atoms with van der Waals surface area (Å²) >= 11 is 6.26. The lowest BCUT2D eigenvalue weighted by Crippen LogP contribution is -2.67. The van der Waals surface area contributed by atoms with Crippen molar-refractivity contribution in [2.75, 3.05) is 23.3 Å². The number of aromatic hydroxyl groups is 1. The van der Waals surface area contributed by atoms with E-state index in [-0.39, 0.29) is 77.0 Å². The predicted molar refractivity (Wildman–Crippen MR) is 201 cm³/mol. The van der Waals surface area contributed by atoms with E-state index >= 15 is 0 Å². The summed E-state index contributed by atoms with van der Waals surface area (Å²) in [6.45, 7) is 8.34. The third-order valence-corrected chi connectivity index (χ3v) is 12.2. The quantitative estimate of drug-likeness (QED) is 0.217. The van der Waals surface area contributed by atoms with Crippen LogP contribution in [0.4, 0.5) is 24.5 Å². The van der Waals surface area contributed by atoms with E-state index in [4.69, 9.17) is 26.4 Å². The molecule has 9 rings (SSSR count). The van der Waals surface area contributed by atoms with Gasteiger partial charge in [-0.15, -0.1) is 5.10 Å². The first-order valence-electron chi connectivity index (χ1n) is 18.6. The van der Waals surface area contributed by atoms with Gasteiger partial charge in [0.2, 0.25) is 11.7 Å². The smallest absolute Gasteiger partial charge is 0.416 e. The van der Waals surface area contributed by atoms with Crippen LogP contribution in [0.2, 0.25) is 5.02 Å². The van der Waals surface area contributed by atoms with E-state index in [0.717, 1.165) is 29.3 Å². The minimum absolute atomic E-state index is 0.00140. The summed E-state index contributed by atoms with van der Waals surface area (Å²) in [5.74, 6) is -1.23. The monoisotopic (exact) mass is 803 g/mol. The topological polar surface area (TPSA) is 160 Å². The van der Waals surface area contributed by atoms with Gasteiger partial charge in [-0.3, -0.25) is 19.0 Å². The zero-order valence-corrected chi connectivity index (χ0v) is 32.0. The highest BCUT2D eigenvalue weighted by atomic mass is 35.5. The summed E-state index contributed by atoms with van der Waals surface area (Å²) in [6.07, 6.45) is -1.82. The molecule has 296 valence electrons. The normalized spacial score (nSPS) is 22.2. The zero-order valence-electron chi connectivity index (χ0n) is 31.3. The van der Waals surface area contributed by atoms with Gasteiger partial charge in [0, 0.05) is 30.6 Å². The molecule has 2 fully saturated rings. The number of aromatic nitrogens is 6. The Bertz CT molecular complexity index is 2590. The van der Waals surface area contributed by atoms with Gasteiger partial charge >= 0.3 is 6.18 Å². The van der Waals surface area contributed by atoms with Gasteiger partial charge in [-0.1, -0.05) is 30.7 Å². The van der Waals surface area contributed by atoms with Crippen LogP contribution in [-0.4, -0.2) is 76.1 Å². The minimum atomic E-state index is -4.62. The van der Waals surface area contributed by atoms with Crippen molar-refractivity contribution in [3.8, 4) is 17.1 Å². The number of hydrogen-bond donors (Lipinski definition) is 2. The first kappa shape index (κ1) is 37.1. The van der Waals surface area contributed by atoms with Crippen LogP contribution in [0.25, 0.3) is 17.2 Å². The van der Waals surface area contributed by atoms with E-state index in [0.29, 0.717) is 36.4 Å². The molecule has 0 radical (unpaired) electrons. The summed E-state index contributed by atoms with van der Waals surface area (Å²) in [6, 6.07) is 6.96. The van der Waals surface area contributed by atoms with Crippen LogP contribution in [0.5, 0.6) is 5.75 Å². The number of anilines is 2. The van der Waals surface area contributed by atoms with Gasteiger partial charge in [-0.2, -0.15) is 22.7 Å². The summed E-state index contributed by atoms with van der Waals surface area (Å²) in [4.78, 5) is 59.4. The fourth-order valence-corrected chi connectivity index (χ4v) is 9.01. The standard InChI is InChI=1S/C39H37ClF3N9O5/c1-18-13-28(34(54)46-25-8-6-22(15-24(25)40)39(41,42)43)51-30(18)31(49-11-12-50(27-10-9-26(27)49)35(55)29-32(53)19(2)44-17-45-29)36(56)52-37(51)47-33(48-52)20-5-7-23-21(14-20)16-57-38(23,3)4/h5-8,14-15,17-18,26-28,53H,9-13,16H2,1-4H3,(H,46,54)/t18-,26-,27-,28?/m0/s1. The van der Waals surface area contributed by atoms with Crippen LogP contribution in [-0.2, 0) is 27.9 Å². The number of halogens is 4. The number of ether oxygens (including phenoxy) is 1. The first-order valence-corrected chi connectivity index (χ1v) is 19.0. The highest BCUT2D eigenvalue weighted by molar-refractivity contribution is 6.33. The van der Waals surface area contributed by atoms with Crippen LogP contribution < -0.4 is 15.8 Å². The SMILES string of the molecule is Cc1ncnc(C(=O)N2CCN(c3c4n(c5nc(-c6ccc7c(c6)COC7(C)C)nn5c3=O)C(C(=O)Nc3ccc(C(F)(F)F)cc3Cl)C[C@@H]4C)[C@H]3CC[C@@H]32)c1O. The molecule has 1 saturated heterocycles. The van der Waals surface area contributed by atoms with Gasteiger partial charge < -0.3 is 25.0 Å².